The van der Waals surface area contributed by atoms with Gasteiger partial charge in [-0.25, -0.2) is 0 Å². The Morgan fingerprint density at radius 1 is 1.29 bits per heavy atom. The second-order valence-corrected chi connectivity index (χ2v) is 5.06. The van der Waals surface area contributed by atoms with Gasteiger partial charge in [-0.3, -0.25) is 14.4 Å². The summed E-state index contributed by atoms with van der Waals surface area (Å²) in [5.74, 6) is -3.22. The maximum atomic E-state index is 12.5. The Labute approximate surface area is 123 Å². The molecule has 0 bridgehead atoms. The lowest BCUT2D eigenvalue weighted by Crippen LogP contribution is -2.56. The van der Waals surface area contributed by atoms with Crippen LogP contribution in [-0.4, -0.2) is 61.3 Å². The largest absolute Gasteiger partial charge is 0.465 e. The van der Waals surface area contributed by atoms with E-state index in [1.54, 1.807) is 18.7 Å². The summed E-state index contributed by atoms with van der Waals surface area (Å²) in [6.07, 6.45) is 0.662. The first kappa shape index (κ1) is 15.8. The fraction of sp³-hybridized carbons (Fsp3) is 0.786. The lowest BCUT2D eigenvalue weighted by Gasteiger charge is -2.36. The number of hydrogen-bond acceptors (Lipinski definition) is 6. The number of hydrogen-bond donors (Lipinski definition) is 0. The van der Waals surface area contributed by atoms with Gasteiger partial charge in [0.2, 0.25) is 0 Å². The van der Waals surface area contributed by atoms with Gasteiger partial charge in [-0.1, -0.05) is 0 Å². The minimum Gasteiger partial charge on any atom is -0.465 e. The molecule has 1 amide bonds. The summed E-state index contributed by atoms with van der Waals surface area (Å²) in [6.45, 7) is 4.51. The van der Waals surface area contributed by atoms with Crippen LogP contribution in [-0.2, 0) is 28.6 Å². The van der Waals surface area contributed by atoms with E-state index in [4.69, 9.17) is 14.2 Å². The highest BCUT2D eigenvalue weighted by molar-refractivity contribution is 6.01. The van der Waals surface area contributed by atoms with E-state index < -0.39 is 24.0 Å². The first-order valence-corrected chi connectivity index (χ1v) is 7.35. The molecule has 2 rings (SSSR count). The Hall–Kier alpha value is -1.63. The number of esters is 2. The summed E-state index contributed by atoms with van der Waals surface area (Å²) in [5, 5.41) is 0. The van der Waals surface area contributed by atoms with Crippen molar-refractivity contribution in [2.75, 3.05) is 26.4 Å². The van der Waals surface area contributed by atoms with Crippen molar-refractivity contribution in [1.29, 1.82) is 0 Å². The molecule has 118 valence electrons. The van der Waals surface area contributed by atoms with Crippen LogP contribution in [0, 0.1) is 5.92 Å². The molecule has 0 spiro atoms. The summed E-state index contributed by atoms with van der Waals surface area (Å²) in [6, 6.07) is 0.0544. The predicted molar refractivity (Wildman–Crippen MR) is 71.2 cm³/mol. The zero-order chi connectivity index (χ0) is 15.4. The smallest absolute Gasteiger partial charge is 0.323 e. The Kier molecular flexibility index (Phi) is 5.17. The van der Waals surface area contributed by atoms with E-state index in [1.165, 1.54) is 0 Å². The summed E-state index contributed by atoms with van der Waals surface area (Å²) in [7, 11) is 0. The number of carbonyl (C=O) groups excluding carboxylic acids is 3. The van der Waals surface area contributed by atoms with Gasteiger partial charge in [0.25, 0.3) is 5.91 Å². The second-order valence-electron chi connectivity index (χ2n) is 5.06. The molecular formula is C14H21NO6. The van der Waals surface area contributed by atoms with Gasteiger partial charge >= 0.3 is 11.9 Å². The molecule has 0 aliphatic carbocycles. The number of morpholine rings is 1. The summed E-state index contributed by atoms with van der Waals surface area (Å²) in [4.78, 5) is 38.2. The fourth-order valence-corrected chi connectivity index (χ4v) is 2.79. The van der Waals surface area contributed by atoms with Gasteiger partial charge in [0, 0.05) is 6.54 Å². The van der Waals surface area contributed by atoms with Crippen molar-refractivity contribution >= 4 is 17.8 Å². The molecule has 0 radical (unpaired) electrons. The molecule has 0 N–H and O–H groups in total. The van der Waals surface area contributed by atoms with Gasteiger partial charge in [-0.05, 0) is 26.7 Å². The minimum atomic E-state index is -1.35. The van der Waals surface area contributed by atoms with Crippen molar-refractivity contribution in [1.82, 2.24) is 4.90 Å². The van der Waals surface area contributed by atoms with Crippen LogP contribution in [0.1, 0.15) is 26.7 Å². The Morgan fingerprint density at radius 2 is 1.90 bits per heavy atom. The SMILES string of the molecule is CCOC(=O)C(C(=O)OCC)[C@H]1OC[C@@H]2CCCN2C1=O. The topological polar surface area (TPSA) is 82.1 Å². The lowest BCUT2D eigenvalue weighted by atomic mass is 9.99. The number of fused-ring (bicyclic) bond motifs is 1. The number of rotatable bonds is 5. The van der Waals surface area contributed by atoms with E-state index in [-0.39, 0.29) is 25.2 Å². The van der Waals surface area contributed by atoms with Gasteiger partial charge in [0.1, 0.15) is 0 Å². The molecule has 0 aromatic heterocycles. The first-order chi connectivity index (χ1) is 10.1. The fourth-order valence-electron chi connectivity index (χ4n) is 2.79. The Balaban J connectivity index is 2.17. The molecule has 2 aliphatic heterocycles. The third kappa shape index (κ3) is 3.18. The normalized spacial score (nSPS) is 24.9. The maximum absolute atomic E-state index is 12.5. The van der Waals surface area contributed by atoms with Gasteiger partial charge in [0.15, 0.2) is 12.0 Å². The molecule has 2 fully saturated rings. The average Bonchev–Trinajstić information content (AvgIpc) is 2.91. The molecule has 2 aliphatic rings. The highest BCUT2D eigenvalue weighted by Crippen LogP contribution is 2.27. The van der Waals surface area contributed by atoms with Crippen LogP contribution in [0.4, 0.5) is 0 Å². The quantitative estimate of drug-likeness (QED) is 0.530. The molecule has 2 saturated heterocycles. The van der Waals surface area contributed by atoms with E-state index >= 15 is 0 Å². The van der Waals surface area contributed by atoms with Crippen molar-refractivity contribution in [3.63, 3.8) is 0 Å². The van der Waals surface area contributed by atoms with Crippen LogP contribution in [0.25, 0.3) is 0 Å². The van der Waals surface area contributed by atoms with Crippen molar-refractivity contribution in [3.05, 3.63) is 0 Å². The molecule has 2 heterocycles. The van der Waals surface area contributed by atoms with Crippen molar-refractivity contribution < 1.29 is 28.6 Å². The number of ether oxygens (including phenoxy) is 3. The maximum Gasteiger partial charge on any atom is 0.323 e. The molecule has 7 heteroatoms. The summed E-state index contributed by atoms with van der Waals surface area (Å²) < 4.78 is 15.3. The zero-order valence-corrected chi connectivity index (χ0v) is 12.4. The van der Waals surface area contributed by atoms with Crippen LogP contribution in [0.2, 0.25) is 0 Å². The molecule has 0 aromatic rings. The monoisotopic (exact) mass is 299 g/mol. The molecule has 7 nitrogen and oxygen atoms in total. The third-order valence-electron chi connectivity index (χ3n) is 3.76. The molecule has 0 aromatic carbocycles. The van der Waals surface area contributed by atoms with E-state index in [2.05, 4.69) is 0 Å². The van der Waals surface area contributed by atoms with E-state index in [0.29, 0.717) is 13.2 Å². The second kappa shape index (κ2) is 6.89. The highest BCUT2D eigenvalue weighted by atomic mass is 16.6. The summed E-state index contributed by atoms with van der Waals surface area (Å²) in [5.41, 5.74) is 0. The van der Waals surface area contributed by atoms with Crippen molar-refractivity contribution in [2.45, 2.75) is 38.8 Å². The van der Waals surface area contributed by atoms with E-state index in [9.17, 15) is 14.4 Å². The van der Waals surface area contributed by atoms with Gasteiger partial charge in [0.05, 0.1) is 25.9 Å². The van der Waals surface area contributed by atoms with E-state index in [0.717, 1.165) is 12.8 Å². The molecular weight excluding hydrogens is 278 g/mol. The van der Waals surface area contributed by atoms with Crippen LogP contribution in [0.5, 0.6) is 0 Å². The number of nitrogens with zero attached hydrogens (tertiary/aromatic N) is 1. The molecule has 0 unspecified atom stereocenters. The molecule has 21 heavy (non-hydrogen) atoms. The predicted octanol–water partition coefficient (Wildman–Crippen LogP) is 0.119. The van der Waals surface area contributed by atoms with Crippen LogP contribution >= 0.6 is 0 Å². The average molecular weight is 299 g/mol. The third-order valence-corrected chi connectivity index (χ3v) is 3.76. The van der Waals surface area contributed by atoms with Crippen molar-refractivity contribution in [2.24, 2.45) is 5.92 Å². The van der Waals surface area contributed by atoms with Gasteiger partial charge < -0.3 is 19.1 Å². The first-order valence-electron chi connectivity index (χ1n) is 7.35. The van der Waals surface area contributed by atoms with Crippen LogP contribution < -0.4 is 0 Å². The summed E-state index contributed by atoms with van der Waals surface area (Å²) >= 11 is 0. The van der Waals surface area contributed by atoms with Gasteiger partial charge in [-0.2, -0.15) is 0 Å². The Morgan fingerprint density at radius 3 is 2.48 bits per heavy atom. The minimum absolute atomic E-state index is 0.0544. The number of carbonyl (C=O) groups is 3. The highest BCUT2D eigenvalue weighted by Gasteiger charge is 2.49. The molecule has 2 atom stereocenters. The zero-order valence-electron chi connectivity index (χ0n) is 12.4. The van der Waals surface area contributed by atoms with Gasteiger partial charge in [-0.15, -0.1) is 0 Å². The van der Waals surface area contributed by atoms with Crippen LogP contribution in [0.15, 0.2) is 0 Å². The van der Waals surface area contributed by atoms with Crippen LogP contribution in [0.3, 0.4) is 0 Å². The Bertz CT molecular complexity index is 406. The molecule has 0 saturated carbocycles. The van der Waals surface area contributed by atoms with E-state index in [1.807, 2.05) is 0 Å². The standard InChI is InChI=1S/C14H21NO6/c1-3-19-13(17)10(14(18)20-4-2)11-12(16)15-7-5-6-9(15)8-21-11/h9-11H,3-8H2,1-2H3/t9-,11+/m0/s1. The van der Waals surface area contributed by atoms with Crippen molar-refractivity contribution in [3.8, 4) is 0 Å². The number of amides is 1. The lowest BCUT2D eigenvalue weighted by molar-refractivity contribution is -0.182.